The number of nitro groups is 1. The van der Waals surface area contributed by atoms with Gasteiger partial charge < -0.3 is 0 Å². The predicted molar refractivity (Wildman–Crippen MR) is 109 cm³/mol. The highest BCUT2D eigenvalue weighted by molar-refractivity contribution is 6.34. The molecule has 0 radical (unpaired) electrons. The highest BCUT2D eigenvalue weighted by atomic mass is 35.5. The Morgan fingerprint density at radius 2 is 1.57 bits per heavy atom. The SMILES string of the molecule is CC(NC(c1ccc(F)cc1)c1cccc([N+](=O)[O-])c1)c1cc(Cl)cc(Cl)c1. The Labute approximate surface area is 172 Å². The molecule has 1 N–H and O–H groups in total. The van der Waals surface area contributed by atoms with E-state index in [-0.39, 0.29) is 17.5 Å². The number of hydrogen-bond acceptors (Lipinski definition) is 3. The molecule has 3 aromatic rings. The average Bonchev–Trinajstić information content (AvgIpc) is 2.66. The highest BCUT2D eigenvalue weighted by Crippen LogP contribution is 2.30. The maximum Gasteiger partial charge on any atom is 0.269 e. The van der Waals surface area contributed by atoms with Gasteiger partial charge in [-0.3, -0.25) is 15.4 Å². The van der Waals surface area contributed by atoms with Crippen LogP contribution >= 0.6 is 23.2 Å². The number of rotatable bonds is 6. The van der Waals surface area contributed by atoms with Gasteiger partial charge in [-0.05, 0) is 53.9 Å². The molecule has 0 saturated heterocycles. The minimum absolute atomic E-state index is 0.00938. The first kappa shape index (κ1) is 20.3. The Hall–Kier alpha value is -2.47. The summed E-state index contributed by atoms with van der Waals surface area (Å²) in [6.07, 6.45) is 0. The quantitative estimate of drug-likeness (QED) is 0.368. The van der Waals surface area contributed by atoms with Crippen molar-refractivity contribution in [2.45, 2.75) is 19.0 Å². The Balaban J connectivity index is 2.00. The topological polar surface area (TPSA) is 55.2 Å². The summed E-state index contributed by atoms with van der Waals surface area (Å²) >= 11 is 12.2. The second-order valence-corrected chi connectivity index (χ2v) is 7.30. The number of nitrogens with one attached hydrogen (secondary N) is 1. The molecule has 4 nitrogen and oxygen atoms in total. The van der Waals surface area contributed by atoms with Gasteiger partial charge in [-0.2, -0.15) is 0 Å². The van der Waals surface area contributed by atoms with Crippen molar-refractivity contribution in [3.05, 3.63) is 109 Å². The molecule has 0 aliphatic carbocycles. The van der Waals surface area contributed by atoms with Crippen LogP contribution in [0.15, 0.2) is 66.7 Å². The lowest BCUT2D eigenvalue weighted by Gasteiger charge is -2.25. The van der Waals surface area contributed by atoms with Crippen molar-refractivity contribution in [2.75, 3.05) is 0 Å². The maximum atomic E-state index is 13.4. The zero-order valence-corrected chi connectivity index (χ0v) is 16.4. The van der Waals surface area contributed by atoms with Crippen molar-refractivity contribution in [1.82, 2.24) is 5.32 Å². The molecule has 2 unspecified atom stereocenters. The third-order valence-electron chi connectivity index (χ3n) is 4.42. The van der Waals surface area contributed by atoms with Gasteiger partial charge in [0.25, 0.3) is 5.69 Å². The van der Waals surface area contributed by atoms with Crippen LogP contribution in [-0.2, 0) is 0 Å². The second kappa shape index (κ2) is 8.69. The summed E-state index contributed by atoms with van der Waals surface area (Å²) in [5.74, 6) is -0.351. The van der Waals surface area contributed by atoms with Gasteiger partial charge in [0.15, 0.2) is 0 Å². The molecule has 0 heterocycles. The van der Waals surface area contributed by atoms with Crippen LogP contribution in [0, 0.1) is 15.9 Å². The number of nitro benzene ring substituents is 1. The van der Waals surface area contributed by atoms with Crippen molar-refractivity contribution < 1.29 is 9.31 Å². The van der Waals surface area contributed by atoms with E-state index in [9.17, 15) is 14.5 Å². The van der Waals surface area contributed by atoms with E-state index in [2.05, 4.69) is 5.32 Å². The van der Waals surface area contributed by atoms with Gasteiger partial charge in [0.1, 0.15) is 5.82 Å². The molecule has 0 spiro atoms. The highest BCUT2D eigenvalue weighted by Gasteiger charge is 2.20. The lowest BCUT2D eigenvalue weighted by atomic mass is 9.96. The monoisotopic (exact) mass is 418 g/mol. The van der Waals surface area contributed by atoms with Gasteiger partial charge in [-0.1, -0.05) is 47.5 Å². The van der Waals surface area contributed by atoms with E-state index in [1.807, 2.05) is 6.92 Å². The number of nitrogens with zero attached hydrogens (tertiary/aromatic N) is 1. The van der Waals surface area contributed by atoms with Gasteiger partial charge >= 0.3 is 0 Å². The van der Waals surface area contributed by atoms with Crippen molar-refractivity contribution in [2.24, 2.45) is 0 Å². The van der Waals surface area contributed by atoms with Gasteiger partial charge in [0, 0.05) is 28.2 Å². The summed E-state index contributed by atoms with van der Waals surface area (Å²) in [7, 11) is 0. The number of non-ortho nitro benzene ring substituents is 1. The second-order valence-electron chi connectivity index (χ2n) is 6.43. The summed E-state index contributed by atoms with van der Waals surface area (Å²) in [5.41, 5.74) is 2.34. The van der Waals surface area contributed by atoms with Crippen LogP contribution in [0.4, 0.5) is 10.1 Å². The fraction of sp³-hybridized carbons (Fsp3) is 0.143. The maximum absolute atomic E-state index is 13.4. The summed E-state index contributed by atoms with van der Waals surface area (Å²) < 4.78 is 13.4. The lowest BCUT2D eigenvalue weighted by Crippen LogP contribution is -2.25. The fourth-order valence-corrected chi connectivity index (χ4v) is 3.57. The first-order valence-electron chi connectivity index (χ1n) is 8.55. The fourth-order valence-electron chi connectivity index (χ4n) is 3.03. The molecule has 28 heavy (non-hydrogen) atoms. The zero-order chi connectivity index (χ0) is 20.3. The summed E-state index contributed by atoms with van der Waals surface area (Å²) in [6.45, 7) is 1.94. The number of hydrogen-bond donors (Lipinski definition) is 1. The van der Waals surface area contributed by atoms with Gasteiger partial charge in [-0.25, -0.2) is 4.39 Å². The van der Waals surface area contributed by atoms with Crippen molar-refractivity contribution >= 4 is 28.9 Å². The van der Waals surface area contributed by atoms with E-state index in [0.717, 1.165) is 11.1 Å². The largest absolute Gasteiger partial charge is 0.300 e. The van der Waals surface area contributed by atoms with Crippen LogP contribution in [-0.4, -0.2) is 4.92 Å². The third-order valence-corrected chi connectivity index (χ3v) is 4.86. The minimum atomic E-state index is -0.439. The van der Waals surface area contributed by atoms with E-state index in [0.29, 0.717) is 15.6 Å². The lowest BCUT2D eigenvalue weighted by molar-refractivity contribution is -0.384. The minimum Gasteiger partial charge on any atom is -0.300 e. The summed E-state index contributed by atoms with van der Waals surface area (Å²) in [4.78, 5) is 10.7. The van der Waals surface area contributed by atoms with Gasteiger partial charge in [0.2, 0.25) is 0 Å². The number of benzene rings is 3. The molecule has 3 rings (SSSR count). The molecular formula is C21H17Cl2FN2O2. The molecule has 3 aromatic carbocycles. The molecule has 0 fully saturated rings. The normalized spacial score (nSPS) is 13.1. The van der Waals surface area contributed by atoms with Crippen molar-refractivity contribution in [3.8, 4) is 0 Å². The van der Waals surface area contributed by atoms with Crippen LogP contribution in [0.3, 0.4) is 0 Å². The average molecular weight is 419 g/mol. The van der Waals surface area contributed by atoms with E-state index < -0.39 is 11.0 Å². The van der Waals surface area contributed by atoms with Crippen molar-refractivity contribution in [3.63, 3.8) is 0 Å². The first-order chi connectivity index (χ1) is 13.3. The van der Waals surface area contributed by atoms with E-state index >= 15 is 0 Å². The molecule has 0 aromatic heterocycles. The molecule has 7 heteroatoms. The molecule has 0 amide bonds. The number of halogens is 3. The molecule has 0 aliphatic heterocycles. The van der Waals surface area contributed by atoms with Crippen LogP contribution in [0.5, 0.6) is 0 Å². The standard InChI is InChI=1S/C21H17Cl2FN2O2/c1-13(16-9-17(22)12-18(23)10-16)25-21(14-5-7-19(24)8-6-14)15-3-2-4-20(11-15)26(27)28/h2-13,21,25H,1H3. The molecule has 0 saturated carbocycles. The molecule has 2 atom stereocenters. The predicted octanol–water partition coefficient (Wildman–Crippen LogP) is 6.48. The van der Waals surface area contributed by atoms with Crippen molar-refractivity contribution in [1.29, 1.82) is 0 Å². The van der Waals surface area contributed by atoms with E-state index in [1.54, 1.807) is 42.5 Å². The Morgan fingerprint density at radius 3 is 2.18 bits per heavy atom. The Bertz CT molecular complexity index is 976. The van der Waals surface area contributed by atoms with Gasteiger partial charge in [0.05, 0.1) is 11.0 Å². The third kappa shape index (κ3) is 4.87. The van der Waals surface area contributed by atoms with E-state index in [4.69, 9.17) is 23.2 Å². The molecule has 0 aliphatic rings. The first-order valence-corrected chi connectivity index (χ1v) is 9.31. The summed E-state index contributed by atoms with van der Waals surface area (Å²) in [6, 6.07) is 17.1. The van der Waals surface area contributed by atoms with Crippen LogP contribution in [0.25, 0.3) is 0 Å². The van der Waals surface area contributed by atoms with Crippen LogP contribution < -0.4 is 5.32 Å². The Morgan fingerprint density at radius 1 is 0.929 bits per heavy atom. The molecular weight excluding hydrogens is 402 g/mol. The molecule has 144 valence electrons. The smallest absolute Gasteiger partial charge is 0.269 e. The molecule has 0 bridgehead atoms. The van der Waals surface area contributed by atoms with Gasteiger partial charge in [-0.15, -0.1) is 0 Å². The Kier molecular flexibility index (Phi) is 6.29. The summed E-state index contributed by atoms with van der Waals surface area (Å²) in [5, 5.41) is 15.7. The zero-order valence-electron chi connectivity index (χ0n) is 14.9. The van der Waals surface area contributed by atoms with Crippen LogP contribution in [0.1, 0.15) is 35.7 Å². The van der Waals surface area contributed by atoms with E-state index in [1.165, 1.54) is 24.3 Å². The van der Waals surface area contributed by atoms with Crippen LogP contribution in [0.2, 0.25) is 10.0 Å².